The molecule has 4 nitrogen and oxygen atoms in total. The highest BCUT2D eigenvalue weighted by atomic mass is 16.5. The normalized spacial score (nSPS) is 27.0. The molecule has 1 aliphatic carbocycles. The Bertz CT molecular complexity index is 324. The predicted octanol–water partition coefficient (Wildman–Crippen LogP) is 3.26. The van der Waals surface area contributed by atoms with Crippen molar-refractivity contribution in [3.8, 4) is 0 Å². The molecule has 1 rings (SSSR count). The van der Waals surface area contributed by atoms with E-state index in [0.717, 1.165) is 39.0 Å². The minimum Gasteiger partial charge on any atom is -0.481 e. The molecular formula is C17H33NO3. The summed E-state index contributed by atoms with van der Waals surface area (Å²) in [5.74, 6) is -0.272. The molecule has 3 atom stereocenters. The minimum absolute atomic E-state index is 0.144. The zero-order chi connectivity index (χ0) is 16.0. The second-order valence-corrected chi connectivity index (χ2v) is 7.21. The summed E-state index contributed by atoms with van der Waals surface area (Å²) in [4.78, 5) is 13.9. The Labute approximate surface area is 129 Å². The Morgan fingerprint density at radius 1 is 1.29 bits per heavy atom. The summed E-state index contributed by atoms with van der Waals surface area (Å²) in [7, 11) is 0. The van der Waals surface area contributed by atoms with Gasteiger partial charge in [-0.15, -0.1) is 0 Å². The standard InChI is InChI=1S/C17H33NO3/c1-6-18(10-11-21-7-2)15-12-13(17(3,4)5)8-9-14(15)16(19)20/h13-15H,6-12H2,1-5H3,(H,19,20). The average Bonchev–Trinajstić information content (AvgIpc) is 2.42. The molecule has 0 amide bonds. The molecule has 1 aliphatic rings. The van der Waals surface area contributed by atoms with Crippen molar-refractivity contribution in [3.63, 3.8) is 0 Å². The summed E-state index contributed by atoms with van der Waals surface area (Å²) in [6.07, 6.45) is 2.81. The highest BCUT2D eigenvalue weighted by Gasteiger charge is 2.41. The molecule has 0 aromatic heterocycles. The molecule has 0 aliphatic heterocycles. The first-order valence-corrected chi connectivity index (χ1v) is 8.35. The molecule has 0 heterocycles. The maximum Gasteiger partial charge on any atom is 0.308 e. The van der Waals surface area contributed by atoms with Crippen molar-refractivity contribution >= 4 is 5.97 Å². The molecule has 0 bridgehead atoms. The summed E-state index contributed by atoms with van der Waals surface area (Å²) in [6.45, 7) is 14.0. The van der Waals surface area contributed by atoms with Gasteiger partial charge in [0.1, 0.15) is 0 Å². The van der Waals surface area contributed by atoms with Crippen LogP contribution in [-0.2, 0) is 9.53 Å². The van der Waals surface area contributed by atoms with Crippen LogP contribution < -0.4 is 0 Å². The molecule has 1 fully saturated rings. The van der Waals surface area contributed by atoms with Crippen LogP contribution in [0.1, 0.15) is 53.9 Å². The van der Waals surface area contributed by atoms with Crippen molar-refractivity contribution in [1.29, 1.82) is 0 Å². The number of carboxylic acid groups (broad SMARTS) is 1. The molecule has 124 valence electrons. The van der Waals surface area contributed by atoms with Crippen molar-refractivity contribution in [2.45, 2.75) is 59.9 Å². The number of rotatable bonds is 7. The Morgan fingerprint density at radius 3 is 2.43 bits per heavy atom. The van der Waals surface area contributed by atoms with E-state index in [-0.39, 0.29) is 17.4 Å². The van der Waals surface area contributed by atoms with Gasteiger partial charge in [-0.1, -0.05) is 27.7 Å². The maximum absolute atomic E-state index is 11.6. The topological polar surface area (TPSA) is 49.8 Å². The van der Waals surface area contributed by atoms with Crippen LogP contribution in [0.4, 0.5) is 0 Å². The van der Waals surface area contributed by atoms with Gasteiger partial charge in [0, 0.05) is 19.2 Å². The zero-order valence-electron chi connectivity index (χ0n) is 14.4. The number of nitrogens with zero attached hydrogens (tertiary/aromatic N) is 1. The Morgan fingerprint density at radius 2 is 1.95 bits per heavy atom. The molecule has 21 heavy (non-hydrogen) atoms. The lowest BCUT2D eigenvalue weighted by atomic mass is 9.67. The summed E-state index contributed by atoms with van der Waals surface area (Å²) in [5.41, 5.74) is 0.251. The van der Waals surface area contributed by atoms with Gasteiger partial charge in [0.2, 0.25) is 0 Å². The number of likely N-dealkylation sites (N-methyl/N-ethyl adjacent to an activating group) is 1. The molecule has 0 aromatic carbocycles. The van der Waals surface area contributed by atoms with Crippen molar-refractivity contribution in [2.24, 2.45) is 17.3 Å². The van der Waals surface area contributed by atoms with Crippen LogP contribution in [0.2, 0.25) is 0 Å². The number of aliphatic carboxylic acids is 1. The molecule has 1 saturated carbocycles. The van der Waals surface area contributed by atoms with Crippen LogP contribution in [0, 0.1) is 17.3 Å². The molecule has 3 unspecified atom stereocenters. The fourth-order valence-electron chi connectivity index (χ4n) is 3.51. The van der Waals surface area contributed by atoms with Crippen LogP contribution in [0.5, 0.6) is 0 Å². The van der Waals surface area contributed by atoms with Crippen molar-refractivity contribution in [2.75, 3.05) is 26.3 Å². The lowest BCUT2D eigenvalue weighted by Crippen LogP contribution is -2.49. The Balaban J connectivity index is 2.79. The molecule has 0 saturated heterocycles. The minimum atomic E-state index is -0.637. The summed E-state index contributed by atoms with van der Waals surface area (Å²) in [6, 6.07) is 0.144. The fraction of sp³-hybridized carbons (Fsp3) is 0.941. The first-order valence-electron chi connectivity index (χ1n) is 8.35. The number of hydrogen-bond donors (Lipinski definition) is 1. The maximum atomic E-state index is 11.6. The molecule has 4 heteroatoms. The first kappa shape index (κ1) is 18.4. The van der Waals surface area contributed by atoms with Gasteiger partial charge < -0.3 is 9.84 Å². The molecule has 0 spiro atoms. The third-order valence-corrected chi connectivity index (χ3v) is 4.96. The van der Waals surface area contributed by atoms with Crippen molar-refractivity contribution in [3.05, 3.63) is 0 Å². The SMILES string of the molecule is CCOCCN(CC)C1CC(C(C)(C)C)CCC1C(=O)O. The molecule has 1 N–H and O–H groups in total. The van der Waals surface area contributed by atoms with Crippen LogP contribution in [0.15, 0.2) is 0 Å². The van der Waals surface area contributed by atoms with Gasteiger partial charge in [-0.3, -0.25) is 9.69 Å². The third kappa shape index (κ3) is 5.26. The fourth-order valence-corrected chi connectivity index (χ4v) is 3.51. The molecule has 0 aromatic rings. The van der Waals surface area contributed by atoms with E-state index in [1.165, 1.54) is 0 Å². The highest BCUT2D eigenvalue weighted by molar-refractivity contribution is 5.71. The highest BCUT2D eigenvalue weighted by Crippen LogP contribution is 2.41. The largest absolute Gasteiger partial charge is 0.481 e. The van der Waals surface area contributed by atoms with Crippen LogP contribution in [0.3, 0.4) is 0 Å². The Kier molecular flexibility index (Phi) is 7.14. The lowest BCUT2D eigenvalue weighted by molar-refractivity contribution is -0.147. The van der Waals surface area contributed by atoms with Crippen molar-refractivity contribution in [1.82, 2.24) is 4.90 Å². The first-order chi connectivity index (χ1) is 9.81. The lowest BCUT2D eigenvalue weighted by Gasteiger charge is -2.44. The monoisotopic (exact) mass is 299 g/mol. The van der Waals surface area contributed by atoms with E-state index in [4.69, 9.17) is 4.74 Å². The van der Waals surface area contributed by atoms with E-state index in [1.54, 1.807) is 0 Å². The van der Waals surface area contributed by atoms with E-state index < -0.39 is 5.97 Å². The van der Waals surface area contributed by atoms with Crippen LogP contribution in [-0.4, -0.2) is 48.3 Å². The van der Waals surface area contributed by atoms with Crippen molar-refractivity contribution < 1.29 is 14.6 Å². The predicted molar refractivity (Wildman–Crippen MR) is 85.4 cm³/mol. The third-order valence-electron chi connectivity index (χ3n) is 4.96. The molecule has 0 radical (unpaired) electrons. The average molecular weight is 299 g/mol. The van der Waals surface area contributed by atoms with Crippen LogP contribution in [0.25, 0.3) is 0 Å². The van der Waals surface area contributed by atoms with Gasteiger partial charge in [0.05, 0.1) is 12.5 Å². The van der Waals surface area contributed by atoms with E-state index in [2.05, 4.69) is 32.6 Å². The summed E-state index contributed by atoms with van der Waals surface area (Å²) >= 11 is 0. The second-order valence-electron chi connectivity index (χ2n) is 7.21. The van der Waals surface area contributed by atoms with Gasteiger partial charge in [-0.05, 0) is 44.1 Å². The number of ether oxygens (including phenoxy) is 1. The number of hydrogen-bond acceptors (Lipinski definition) is 3. The zero-order valence-corrected chi connectivity index (χ0v) is 14.4. The van der Waals surface area contributed by atoms with E-state index in [9.17, 15) is 9.90 Å². The second kappa shape index (κ2) is 8.14. The van der Waals surface area contributed by atoms with Gasteiger partial charge in [-0.2, -0.15) is 0 Å². The Hall–Kier alpha value is -0.610. The number of carbonyl (C=O) groups is 1. The van der Waals surface area contributed by atoms with Gasteiger partial charge >= 0.3 is 5.97 Å². The summed E-state index contributed by atoms with van der Waals surface area (Å²) < 4.78 is 5.46. The van der Waals surface area contributed by atoms with Gasteiger partial charge in [-0.25, -0.2) is 0 Å². The van der Waals surface area contributed by atoms with E-state index in [0.29, 0.717) is 12.5 Å². The quantitative estimate of drug-likeness (QED) is 0.733. The van der Waals surface area contributed by atoms with Crippen LogP contribution >= 0.6 is 0 Å². The van der Waals surface area contributed by atoms with E-state index >= 15 is 0 Å². The number of carboxylic acids is 1. The molecular weight excluding hydrogens is 266 g/mol. The van der Waals surface area contributed by atoms with Gasteiger partial charge in [0.15, 0.2) is 0 Å². The smallest absolute Gasteiger partial charge is 0.308 e. The van der Waals surface area contributed by atoms with E-state index in [1.807, 2.05) is 6.92 Å². The van der Waals surface area contributed by atoms with Gasteiger partial charge in [0.25, 0.3) is 0 Å². The summed E-state index contributed by atoms with van der Waals surface area (Å²) in [5, 5.41) is 9.56.